The van der Waals surface area contributed by atoms with Gasteiger partial charge in [0.1, 0.15) is 6.04 Å². The van der Waals surface area contributed by atoms with Gasteiger partial charge in [0.2, 0.25) is 5.91 Å². The van der Waals surface area contributed by atoms with Crippen molar-refractivity contribution in [1.82, 2.24) is 10.6 Å². The van der Waals surface area contributed by atoms with E-state index in [9.17, 15) is 9.59 Å². The van der Waals surface area contributed by atoms with E-state index in [4.69, 9.17) is 10.8 Å². The molecule has 0 aromatic heterocycles. The van der Waals surface area contributed by atoms with E-state index in [2.05, 4.69) is 10.6 Å². The van der Waals surface area contributed by atoms with Crippen LogP contribution in [-0.4, -0.2) is 47.7 Å². The third-order valence-electron chi connectivity index (χ3n) is 1.82. The minimum atomic E-state index is -0.724. The summed E-state index contributed by atoms with van der Waals surface area (Å²) in [5.74, 6) is 0.418. The topological polar surface area (TPSA) is 104 Å². The zero-order chi connectivity index (χ0) is 12.6. The first-order valence-electron chi connectivity index (χ1n) is 4.98. The molecule has 1 unspecified atom stereocenters. The zero-order valence-electron chi connectivity index (χ0n) is 9.53. The second-order valence-electron chi connectivity index (χ2n) is 3.44. The third kappa shape index (κ3) is 7.36. The van der Waals surface area contributed by atoms with Crippen molar-refractivity contribution in [2.24, 2.45) is 5.73 Å². The normalized spacial score (nSPS) is 13.9. The van der Waals surface area contributed by atoms with E-state index in [-0.39, 0.29) is 12.5 Å². The van der Waals surface area contributed by atoms with Gasteiger partial charge in [-0.3, -0.25) is 4.79 Å². The van der Waals surface area contributed by atoms with Crippen molar-refractivity contribution in [2.75, 3.05) is 18.6 Å². The third-order valence-corrected chi connectivity index (χ3v) is 2.46. The maximum atomic E-state index is 11.6. The van der Waals surface area contributed by atoms with Crippen molar-refractivity contribution in [1.29, 1.82) is 0 Å². The highest BCUT2D eigenvalue weighted by Gasteiger charge is 2.19. The second kappa shape index (κ2) is 8.23. The van der Waals surface area contributed by atoms with Crippen molar-refractivity contribution < 1.29 is 14.7 Å². The van der Waals surface area contributed by atoms with E-state index in [1.807, 2.05) is 6.26 Å². The molecule has 0 aromatic rings. The highest BCUT2D eigenvalue weighted by Crippen LogP contribution is 2.00. The molecule has 0 spiro atoms. The molecule has 94 valence electrons. The van der Waals surface area contributed by atoms with E-state index in [0.717, 1.165) is 5.75 Å². The summed E-state index contributed by atoms with van der Waals surface area (Å²) >= 11 is 1.58. The van der Waals surface area contributed by atoms with Gasteiger partial charge in [-0.1, -0.05) is 0 Å². The Bertz CT molecular complexity index is 236. The van der Waals surface area contributed by atoms with Crippen molar-refractivity contribution in [3.63, 3.8) is 0 Å². The van der Waals surface area contributed by atoms with Crippen LogP contribution in [0.3, 0.4) is 0 Å². The van der Waals surface area contributed by atoms with Crippen LogP contribution >= 0.6 is 11.8 Å². The van der Waals surface area contributed by atoms with Crippen molar-refractivity contribution in [3.8, 4) is 0 Å². The van der Waals surface area contributed by atoms with Crippen LogP contribution in [0.15, 0.2) is 0 Å². The lowest BCUT2D eigenvalue weighted by atomic mass is 10.2. The van der Waals surface area contributed by atoms with E-state index in [0.29, 0.717) is 6.42 Å². The van der Waals surface area contributed by atoms with Gasteiger partial charge in [0.05, 0.1) is 6.10 Å². The van der Waals surface area contributed by atoms with Crippen LogP contribution in [0.25, 0.3) is 0 Å². The Morgan fingerprint density at radius 1 is 1.50 bits per heavy atom. The number of thioether (sulfide) groups is 1. The molecule has 0 aliphatic rings. The Morgan fingerprint density at radius 3 is 2.56 bits per heavy atom. The number of carbonyl (C=O) groups excluding carboxylic acids is 2. The Balaban J connectivity index is 4.14. The van der Waals surface area contributed by atoms with Gasteiger partial charge in [-0.25, -0.2) is 4.79 Å². The molecule has 0 aromatic carbocycles. The molecular formula is C9H19N3O3S. The average Bonchev–Trinajstić information content (AvgIpc) is 2.20. The van der Waals surface area contributed by atoms with Crippen molar-refractivity contribution in [3.05, 3.63) is 0 Å². The average molecular weight is 249 g/mol. The molecular weight excluding hydrogens is 230 g/mol. The predicted octanol–water partition coefficient (Wildman–Crippen LogP) is -0.727. The summed E-state index contributed by atoms with van der Waals surface area (Å²) < 4.78 is 0. The molecule has 0 saturated heterocycles. The Morgan fingerprint density at radius 2 is 2.12 bits per heavy atom. The summed E-state index contributed by atoms with van der Waals surface area (Å²) in [6.45, 7) is 1.73. The number of nitrogens with one attached hydrogen (secondary N) is 2. The molecule has 16 heavy (non-hydrogen) atoms. The number of nitrogens with two attached hydrogens (primary N) is 1. The van der Waals surface area contributed by atoms with Crippen LogP contribution in [0.2, 0.25) is 0 Å². The lowest BCUT2D eigenvalue weighted by molar-refractivity contribution is -0.123. The van der Waals surface area contributed by atoms with Crippen LogP contribution in [0, 0.1) is 0 Å². The molecule has 0 fully saturated rings. The van der Waals surface area contributed by atoms with Crippen molar-refractivity contribution in [2.45, 2.75) is 25.5 Å². The molecule has 0 radical (unpaired) electrons. The number of urea groups is 1. The number of rotatable bonds is 7. The van der Waals surface area contributed by atoms with E-state index < -0.39 is 18.2 Å². The van der Waals surface area contributed by atoms with E-state index >= 15 is 0 Å². The van der Waals surface area contributed by atoms with Gasteiger partial charge in [-0.2, -0.15) is 11.8 Å². The molecule has 0 aliphatic heterocycles. The summed E-state index contributed by atoms with van der Waals surface area (Å²) in [7, 11) is 0. The lowest BCUT2D eigenvalue weighted by Gasteiger charge is -2.17. The van der Waals surface area contributed by atoms with Crippen LogP contribution in [0.5, 0.6) is 0 Å². The van der Waals surface area contributed by atoms with Gasteiger partial charge < -0.3 is 21.5 Å². The van der Waals surface area contributed by atoms with E-state index in [1.54, 1.807) is 18.7 Å². The predicted molar refractivity (Wildman–Crippen MR) is 64.2 cm³/mol. The van der Waals surface area contributed by atoms with Gasteiger partial charge >= 0.3 is 6.03 Å². The summed E-state index contributed by atoms with van der Waals surface area (Å²) in [4.78, 5) is 22.3. The molecule has 0 bridgehead atoms. The van der Waals surface area contributed by atoms with Crippen LogP contribution in [-0.2, 0) is 4.79 Å². The summed E-state index contributed by atoms with van der Waals surface area (Å²) in [5.41, 5.74) is 4.97. The highest BCUT2D eigenvalue weighted by atomic mass is 32.2. The zero-order valence-corrected chi connectivity index (χ0v) is 10.3. The second-order valence-corrected chi connectivity index (χ2v) is 4.42. The number of amides is 3. The number of aliphatic hydroxyl groups excluding tert-OH is 1. The number of hydrogen-bond acceptors (Lipinski definition) is 4. The van der Waals surface area contributed by atoms with Gasteiger partial charge in [0, 0.05) is 6.54 Å². The first kappa shape index (κ1) is 15.0. The van der Waals surface area contributed by atoms with Gasteiger partial charge in [-0.05, 0) is 25.4 Å². The maximum Gasteiger partial charge on any atom is 0.312 e. The molecule has 7 heteroatoms. The van der Waals surface area contributed by atoms with E-state index in [1.165, 1.54) is 0 Å². The molecule has 6 nitrogen and oxygen atoms in total. The Labute approximate surface area is 99.3 Å². The minimum absolute atomic E-state index is 0.162. The van der Waals surface area contributed by atoms with Crippen LogP contribution < -0.4 is 16.4 Å². The van der Waals surface area contributed by atoms with Crippen molar-refractivity contribution >= 4 is 23.7 Å². The maximum absolute atomic E-state index is 11.6. The number of primary amides is 1. The standard InChI is InChI=1S/C9H19N3O3S/c1-6(13)5-11-8(14)7(3-4-16-2)12-9(10)15/h6-7,13H,3-5H2,1-2H3,(H,11,14)(H3,10,12,15)/t6-,7?/m0/s1. The summed E-state index contributed by atoms with van der Waals surface area (Å²) in [6, 6.07) is -1.36. The highest BCUT2D eigenvalue weighted by molar-refractivity contribution is 7.98. The molecule has 3 amide bonds. The smallest absolute Gasteiger partial charge is 0.312 e. The SMILES string of the molecule is CSCCC(NC(N)=O)C(=O)NC[C@H](C)O. The molecule has 0 saturated carbocycles. The first-order chi connectivity index (χ1) is 7.47. The number of hydrogen-bond donors (Lipinski definition) is 4. The summed E-state index contributed by atoms with van der Waals surface area (Å²) in [5, 5.41) is 13.9. The Hall–Kier alpha value is -0.950. The largest absolute Gasteiger partial charge is 0.392 e. The quantitative estimate of drug-likeness (QED) is 0.477. The molecule has 2 atom stereocenters. The fourth-order valence-corrected chi connectivity index (χ4v) is 1.52. The molecule has 0 heterocycles. The van der Waals surface area contributed by atoms with Gasteiger partial charge in [-0.15, -0.1) is 0 Å². The summed E-state index contributed by atoms with van der Waals surface area (Å²) in [6.07, 6.45) is 1.81. The molecule has 0 rings (SSSR count). The molecule has 5 N–H and O–H groups in total. The number of carbonyl (C=O) groups is 2. The fourth-order valence-electron chi connectivity index (χ4n) is 1.05. The lowest BCUT2D eigenvalue weighted by Crippen LogP contribution is -2.49. The Kier molecular flexibility index (Phi) is 7.74. The van der Waals surface area contributed by atoms with Crippen LogP contribution in [0.1, 0.15) is 13.3 Å². The fraction of sp³-hybridized carbons (Fsp3) is 0.778. The minimum Gasteiger partial charge on any atom is -0.392 e. The number of aliphatic hydroxyl groups is 1. The molecule has 0 aliphatic carbocycles. The first-order valence-corrected chi connectivity index (χ1v) is 6.37. The van der Waals surface area contributed by atoms with Gasteiger partial charge in [0.15, 0.2) is 0 Å². The monoisotopic (exact) mass is 249 g/mol. The van der Waals surface area contributed by atoms with Gasteiger partial charge in [0.25, 0.3) is 0 Å². The van der Waals surface area contributed by atoms with Crippen LogP contribution in [0.4, 0.5) is 4.79 Å².